The lowest BCUT2D eigenvalue weighted by Gasteiger charge is -2.24. The molecule has 0 saturated carbocycles. The standard InChI is InChI=1S/C40H28O/c1-2-11-26-22-29(21-20-25(26)10-1)38-30-14-5-7-16-32(30)39(33-17-8-6-15-31(33)38)35-19-9-18-34-36-23-27-12-3-4-13-28(27)24-37(36)41-40(34)35/h1-3,5-12,14-23,28H,4,13,24H2. The van der Waals surface area contributed by atoms with Gasteiger partial charge in [0.1, 0.15) is 11.3 Å². The summed E-state index contributed by atoms with van der Waals surface area (Å²) in [5.41, 5.74) is 8.68. The fourth-order valence-electron chi connectivity index (χ4n) is 7.36. The third-order valence-electron chi connectivity index (χ3n) is 9.28. The van der Waals surface area contributed by atoms with E-state index in [2.05, 4.69) is 127 Å². The number of hydrogen-bond acceptors (Lipinski definition) is 1. The van der Waals surface area contributed by atoms with E-state index in [1.165, 1.54) is 77.5 Å². The Labute approximate surface area is 239 Å². The fourth-order valence-corrected chi connectivity index (χ4v) is 7.36. The molecule has 0 aliphatic heterocycles. The summed E-state index contributed by atoms with van der Waals surface area (Å²) in [6.45, 7) is 0. The van der Waals surface area contributed by atoms with Crippen LogP contribution in [0.15, 0.2) is 131 Å². The molecule has 1 unspecified atom stereocenters. The first-order chi connectivity index (χ1) is 20.3. The number of furan rings is 1. The first-order valence-corrected chi connectivity index (χ1v) is 14.7. The SMILES string of the molecule is C1=CC2=Cc3c(oc4c(-c5c6ccccc6c(-c6ccc7ccccc7c6)c6ccccc56)cccc34)CC2CC1. The van der Waals surface area contributed by atoms with Gasteiger partial charge in [-0.05, 0) is 79.9 Å². The number of hydrogen-bond donors (Lipinski definition) is 0. The molecule has 9 rings (SSSR count). The molecule has 6 aromatic carbocycles. The van der Waals surface area contributed by atoms with Gasteiger partial charge in [-0.15, -0.1) is 0 Å². The van der Waals surface area contributed by atoms with E-state index in [0.29, 0.717) is 5.92 Å². The van der Waals surface area contributed by atoms with Gasteiger partial charge >= 0.3 is 0 Å². The van der Waals surface area contributed by atoms with Crippen molar-refractivity contribution in [3.05, 3.63) is 138 Å². The molecule has 0 N–H and O–H groups in total. The van der Waals surface area contributed by atoms with E-state index in [4.69, 9.17) is 4.42 Å². The fraction of sp³-hybridized carbons (Fsp3) is 0.100. The second-order valence-electron chi connectivity index (χ2n) is 11.5. The van der Waals surface area contributed by atoms with Crippen LogP contribution in [0.25, 0.3) is 71.6 Å². The highest BCUT2D eigenvalue weighted by Gasteiger charge is 2.27. The Morgan fingerprint density at radius 3 is 2.07 bits per heavy atom. The van der Waals surface area contributed by atoms with Crippen molar-refractivity contribution in [2.75, 3.05) is 0 Å². The van der Waals surface area contributed by atoms with E-state index in [1.54, 1.807) is 0 Å². The van der Waals surface area contributed by atoms with E-state index in [9.17, 15) is 0 Å². The monoisotopic (exact) mass is 524 g/mol. The Morgan fingerprint density at radius 2 is 1.29 bits per heavy atom. The number of para-hydroxylation sites is 1. The summed E-state index contributed by atoms with van der Waals surface area (Å²) in [5.74, 6) is 1.71. The van der Waals surface area contributed by atoms with Gasteiger partial charge in [-0.25, -0.2) is 0 Å². The highest BCUT2D eigenvalue weighted by Crippen LogP contribution is 2.47. The zero-order valence-corrected chi connectivity index (χ0v) is 22.7. The number of rotatable bonds is 2. The zero-order chi connectivity index (χ0) is 26.9. The van der Waals surface area contributed by atoms with Crippen molar-refractivity contribution in [1.82, 2.24) is 0 Å². The predicted molar refractivity (Wildman–Crippen MR) is 173 cm³/mol. The molecule has 2 aliphatic carbocycles. The van der Waals surface area contributed by atoms with Crippen LogP contribution in [0.4, 0.5) is 0 Å². The minimum Gasteiger partial charge on any atom is -0.460 e. The molecule has 1 nitrogen and oxygen atoms in total. The Kier molecular flexibility index (Phi) is 4.92. The van der Waals surface area contributed by atoms with Crippen LogP contribution >= 0.6 is 0 Å². The lowest BCUT2D eigenvalue weighted by molar-refractivity contribution is 0.469. The van der Waals surface area contributed by atoms with Gasteiger partial charge in [0.2, 0.25) is 0 Å². The normalized spacial score (nSPS) is 16.3. The maximum absolute atomic E-state index is 6.82. The van der Waals surface area contributed by atoms with Crippen molar-refractivity contribution in [3.63, 3.8) is 0 Å². The van der Waals surface area contributed by atoms with Crippen LogP contribution in [0.2, 0.25) is 0 Å². The minimum absolute atomic E-state index is 0.569. The largest absolute Gasteiger partial charge is 0.460 e. The highest BCUT2D eigenvalue weighted by atomic mass is 16.3. The molecular formula is C40H28O. The first kappa shape index (κ1) is 22.9. The van der Waals surface area contributed by atoms with Crippen LogP contribution in [0.1, 0.15) is 24.2 Å². The maximum Gasteiger partial charge on any atom is 0.142 e. The third-order valence-corrected chi connectivity index (χ3v) is 9.28. The molecule has 7 aromatic rings. The van der Waals surface area contributed by atoms with Crippen LogP contribution < -0.4 is 0 Å². The summed E-state index contributed by atoms with van der Waals surface area (Å²) in [7, 11) is 0. The van der Waals surface area contributed by atoms with E-state index in [0.717, 1.165) is 24.2 Å². The smallest absolute Gasteiger partial charge is 0.142 e. The van der Waals surface area contributed by atoms with Crippen molar-refractivity contribution in [2.45, 2.75) is 19.3 Å². The highest BCUT2D eigenvalue weighted by molar-refractivity contribution is 6.23. The molecule has 0 amide bonds. The van der Waals surface area contributed by atoms with E-state index in [-0.39, 0.29) is 0 Å². The van der Waals surface area contributed by atoms with Crippen molar-refractivity contribution < 1.29 is 4.42 Å². The van der Waals surface area contributed by atoms with Crippen molar-refractivity contribution in [1.29, 1.82) is 0 Å². The Bertz CT molecular complexity index is 2180. The van der Waals surface area contributed by atoms with Crippen molar-refractivity contribution in [3.8, 4) is 22.3 Å². The van der Waals surface area contributed by atoms with Crippen LogP contribution in [-0.4, -0.2) is 0 Å². The quantitative estimate of drug-likeness (QED) is 0.205. The molecule has 1 aromatic heterocycles. The summed E-state index contributed by atoms with van der Waals surface area (Å²) in [6, 6.07) is 40.0. The molecule has 0 saturated heterocycles. The second-order valence-corrected chi connectivity index (χ2v) is 11.5. The predicted octanol–water partition coefficient (Wildman–Crippen LogP) is 11.1. The summed E-state index contributed by atoms with van der Waals surface area (Å²) in [4.78, 5) is 0. The summed E-state index contributed by atoms with van der Waals surface area (Å²) < 4.78 is 6.82. The number of allylic oxidation sites excluding steroid dienone is 3. The van der Waals surface area contributed by atoms with Gasteiger partial charge in [-0.2, -0.15) is 0 Å². The second kappa shape index (κ2) is 8.81. The topological polar surface area (TPSA) is 13.1 Å². The zero-order valence-electron chi connectivity index (χ0n) is 22.7. The summed E-state index contributed by atoms with van der Waals surface area (Å²) >= 11 is 0. The van der Waals surface area contributed by atoms with Crippen LogP contribution in [-0.2, 0) is 6.42 Å². The molecule has 1 heterocycles. The average Bonchev–Trinajstić information content (AvgIpc) is 3.40. The molecule has 0 fully saturated rings. The molecule has 2 aliphatic rings. The molecule has 1 heteroatoms. The van der Waals surface area contributed by atoms with Crippen LogP contribution in [0.3, 0.4) is 0 Å². The Morgan fingerprint density at radius 1 is 0.610 bits per heavy atom. The Hall–Kier alpha value is -4.88. The van der Waals surface area contributed by atoms with Gasteiger partial charge in [0.15, 0.2) is 0 Å². The molecule has 0 bridgehead atoms. The summed E-state index contributed by atoms with van der Waals surface area (Å²) in [5, 5.41) is 8.79. The van der Waals surface area contributed by atoms with Crippen molar-refractivity contribution >= 4 is 49.4 Å². The van der Waals surface area contributed by atoms with Gasteiger partial charge in [0.05, 0.1) is 0 Å². The number of fused-ring (bicyclic) bond motifs is 7. The Balaban J connectivity index is 1.35. The lowest BCUT2D eigenvalue weighted by Crippen LogP contribution is -2.13. The van der Waals surface area contributed by atoms with Crippen LogP contribution in [0, 0.1) is 5.92 Å². The van der Waals surface area contributed by atoms with Crippen LogP contribution in [0.5, 0.6) is 0 Å². The van der Waals surface area contributed by atoms with E-state index < -0.39 is 0 Å². The van der Waals surface area contributed by atoms with E-state index >= 15 is 0 Å². The molecule has 1 atom stereocenters. The molecule has 0 spiro atoms. The average molecular weight is 525 g/mol. The minimum atomic E-state index is 0.569. The van der Waals surface area contributed by atoms with Crippen molar-refractivity contribution in [2.24, 2.45) is 5.92 Å². The van der Waals surface area contributed by atoms with Gasteiger partial charge in [0.25, 0.3) is 0 Å². The molecule has 0 radical (unpaired) electrons. The molecular weight excluding hydrogens is 496 g/mol. The maximum atomic E-state index is 6.82. The van der Waals surface area contributed by atoms with Gasteiger partial charge in [-0.3, -0.25) is 0 Å². The van der Waals surface area contributed by atoms with Gasteiger partial charge < -0.3 is 4.42 Å². The van der Waals surface area contributed by atoms with E-state index in [1.807, 2.05) is 0 Å². The van der Waals surface area contributed by atoms with Gasteiger partial charge in [-0.1, -0.05) is 115 Å². The number of benzene rings is 6. The third kappa shape index (κ3) is 3.42. The summed E-state index contributed by atoms with van der Waals surface area (Å²) in [6.07, 6.45) is 10.4. The van der Waals surface area contributed by atoms with Gasteiger partial charge in [0, 0.05) is 28.5 Å². The molecule has 194 valence electrons. The first-order valence-electron chi connectivity index (χ1n) is 14.7. The lowest BCUT2D eigenvalue weighted by atomic mass is 9.80. The molecule has 41 heavy (non-hydrogen) atoms.